The van der Waals surface area contributed by atoms with Gasteiger partial charge in [0.2, 0.25) is 11.8 Å². The molecule has 0 aromatic heterocycles. The van der Waals surface area contributed by atoms with Crippen LogP contribution in [0.15, 0.2) is 108 Å². The fourth-order valence-corrected chi connectivity index (χ4v) is 6.29. The van der Waals surface area contributed by atoms with E-state index in [1.165, 1.54) is 47.4 Å². The number of rotatable bonds is 13. The Balaban J connectivity index is 1.79. The van der Waals surface area contributed by atoms with E-state index in [1.54, 1.807) is 30.3 Å². The summed E-state index contributed by atoms with van der Waals surface area (Å²) in [5.41, 5.74) is 2.47. The first-order valence-electron chi connectivity index (χ1n) is 14.3. The van der Waals surface area contributed by atoms with Crippen LogP contribution in [-0.4, -0.2) is 44.3 Å². The Kier molecular flexibility index (Phi) is 11.1. The molecule has 0 fully saturated rings. The second kappa shape index (κ2) is 15.0. The first-order chi connectivity index (χ1) is 21.1. The van der Waals surface area contributed by atoms with Crippen LogP contribution < -0.4 is 9.62 Å². The summed E-state index contributed by atoms with van der Waals surface area (Å²) in [6.07, 6.45) is 0.873. The summed E-state index contributed by atoms with van der Waals surface area (Å²) in [4.78, 5) is 29.4. The first kappa shape index (κ1) is 32.7. The maximum absolute atomic E-state index is 14.4. The summed E-state index contributed by atoms with van der Waals surface area (Å²) in [7, 11) is -4.24. The largest absolute Gasteiger partial charge is 0.354 e. The summed E-state index contributed by atoms with van der Waals surface area (Å²) in [6.45, 7) is 3.51. The molecule has 2 amide bonds. The van der Waals surface area contributed by atoms with Gasteiger partial charge in [0.1, 0.15) is 18.4 Å². The number of benzene rings is 4. The Morgan fingerprint density at radius 1 is 0.886 bits per heavy atom. The molecule has 0 aliphatic heterocycles. The number of carbonyl (C=O) groups is 2. The maximum atomic E-state index is 14.4. The number of hydrogen-bond donors (Lipinski definition) is 1. The molecule has 1 N–H and O–H groups in total. The molecular formula is C34H35ClFN3O4S. The van der Waals surface area contributed by atoms with Crippen molar-refractivity contribution < 1.29 is 22.4 Å². The molecule has 0 unspecified atom stereocenters. The van der Waals surface area contributed by atoms with E-state index in [-0.39, 0.29) is 29.5 Å². The van der Waals surface area contributed by atoms with Crippen LogP contribution in [0.25, 0.3) is 0 Å². The van der Waals surface area contributed by atoms with Gasteiger partial charge in [0.25, 0.3) is 10.0 Å². The number of aryl methyl sites for hydroxylation is 1. The lowest BCUT2D eigenvalue weighted by Gasteiger charge is -2.34. The highest BCUT2D eigenvalue weighted by molar-refractivity contribution is 7.92. The van der Waals surface area contributed by atoms with E-state index < -0.39 is 34.3 Å². The van der Waals surface area contributed by atoms with Crippen LogP contribution in [0.4, 0.5) is 10.1 Å². The lowest BCUT2D eigenvalue weighted by atomic mass is 10.0. The van der Waals surface area contributed by atoms with E-state index in [1.807, 2.05) is 44.2 Å². The lowest BCUT2D eigenvalue weighted by molar-refractivity contribution is -0.140. The van der Waals surface area contributed by atoms with E-state index in [0.29, 0.717) is 23.6 Å². The molecule has 0 saturated carbocycles. The Hall–Kier alpha value is -4.21. The predicted molar refractivity (Wildman–Crippen MR) is 171 cm³/mol. The predicted octanol–water partition coefficient (Wildman–Crippen LogP) is 6.15. The van der Waals surface area contributed by atoms with E-state index in [9.17, 15) is 22.4 Å². The average molecular weight is 636 g/mol. The van der Waals surface area contributed by atoms with Gasteiger partial charge in [0, 0.05) is 24.5 Å². The summed E-state index contributed by atoms with van der Waals surface area (Å²) in [5.74, 6) is -1.43. The molecular weight excluding hydrogens is 601 g/mol. The Labute approximate surface area is 263 Å². The molecule has 0 heterocycles. The Morgan fingerprint density at radius 2 is 1.57 bits per heavy atom. The smallest absolute Gasteiger partial charge is 0.264 e. The minimum absolute atomic E-state index is 0.00230. The van der Waals surface area contributed by atoms with Crippen molar-refractivity contribution in [3.8, 4) is 0 Å². The molecule has 0 aliphatic carbocycles. The highest BCUT2D eigenvalue weighted by atomic mass is 35.5. The third kappa shape index (κ3) is 8.45. The monoisotopic (exact) mass is 635 g/mol. The standard InChI is InChI=1S/C34H35ClFN3O4S/c1-3-20-37-34(41)32(21-26-8-5-4-6-9-26)38(23-27-14-16-29(36)17-15-27)33(40)24-39(30-11-7-10-28(35)22-30)44(42,43)31-18-12-25(2)13-19-31/h4-19,22,32H,3,20-21,23-24H2,1-2H3,(H,37,41)/t32-/m0/s1. The van der Waals surface area contributed by atoms with Crippen LogP contribution >= 0.6 is 11.6 Å². The van der Waals surface area contributed by atoms with Gasteiger partial charge in [-0.2, -0.15) is 0 Å². The van der Waals surface area contributed by atoms with Crippen molar-refractivity contribution in [3.05, 3.63) is 131 Å². The topological polar surface area (TPSA) is 86.8 Å². The second-order valence-electron chi connectivity index (χ2n) is 10.4. The number of halogens is 2. The number of nitrogens with one attached hydrogen (secondary N) is 1. The van der Waals surface area contributed by atoms with Gasteiger partial charge in [-0.1, -0.05) is 84.8 Å². The Morgan fingerprint density at radius 3 is 2.20 bits per heavy atom. The molecule has 0 radical (unpaired) electrons. The number of nitrogens with zero attached hydrogens (tertiary/aromatic N) is 2. The number of anilines is 1. The molecule has 4 rings (SSSR count). The quantitative estimate of drug-likeness (QED) is 0.191. The van der Waals surface area contributed by atoms with Gasteiger partial charge < -0.3 is 10.2 Å². The molecule has 10 heteroatoms. The van der Waals surface area contributed by atoms with Crippen molar-refractivity contribution in [2.45, 2.75) is 44.2 Å². The minimum Gasteiger partial charge on any atom is -0.354 e. The van der Waals surface area contributed by atoms with Gasteiger partial charge in [0.05, 0.1) is 10.6 Å². The van der Waals surface area contributed by atoms with Gasteiger partial charge in [-0.15, -0.1) is 0 Å². The normalized spacial score (nSPS) is 11.9. The molecule has 4 aromatic rings. The van der Waals surface area contributed by atoms with E-state index >= 15 is 0 Å². The van der Waals surface area contributed by atoms with Crippen molar-refractivity contribution >= 4 is 39.1 Å². The molecule has 0 spiro atoms. The number of sulfonamides is 1. The van der Waals surface area contributed by atoms with E-state index in [0.717, 1.165) is 15.4 Å². The molecule has 230 valence electrons. The molecule has 7 nitrogen and oxygen atoms in total. The van der Waals surface area contributed by atoms with Crippen molar-refractivity contribution in [1.29, 1.82) is 0 Å². The first-order valence-corrected chi connectivity index (χ1v) is 16.1. The third-order valence-electron chi connectivity index (χ3n) is 7.07. The van der Waals surface area contributed by atoms with Crippen LogP contribution in [0.2, 0.25) is 5.02 Å². The summed E-state index contributed by atoms with van der Waals surface area (Å²) in [5, 5.41) is 3.19. The van der Waals surface area contributed by atoms with Crippen LogP contribution in [0.5, 0.6) is 0 Å². The highest BCUT2D eigenvalue weighted by Gasteiger charge is 2.34. The van der Waals surface area contributed by atoms with Crippen molar-refractivity contribution in [1.82, 2.24) is 10.2 Å². The SMILES string of the molecule is CCCNC(=O)[C@H](Cc1ccccc1)N(Cc1ccc(F)cc1)C(=O)CN(c1cccc(Cl)c1)S(=O)(=O)c1ccc(C)cc1. The van der Waals surface area contributed by atoms with Crippen molar-refractivity contribution in [2.75, 3.05) is 17.4 Å². The van der Waals surface area contributed by atoms with Crippen molar-refractivity contribution in [3.63, 3.8) is 0 Å². The highest BCUT2D eigenvalue weighted by Crippen LogP contribution is 2.27. The molecule has 1 atom stereocenters. The molecule has 0 bridgehead atoms. The summed E-state index contributed by atoms with van der Waals surface area (Å²) >= 11 is 6.26. The zero-order chi connectivity index (χ0) is 31.7. The average Bonchev–Trinajstić information content (AvgIpc) is 3.01. The van der Waals surface area contributed by atoms with Crippen LogP contribution in [-0.2, 0) is 32.6 Å². The van der Waals surface area contributed by atoms with Gasteiger partial charge in [0.15, 0.2) is 0 Å². The summed E-state index contributed by atoms with van der Waals surface area (Å²) in [6, 6.07) is 26.5. The van der Waals surface area contributed by atoms with E-state index in [2.05, 4.69) is 5.32 Å². The second-order valence-corrected chi connectivity index (χ2v) is 12.7. The number of amides is 2. The lowest BCUT2D eigenvalue weighted by Crippen LogP contribution is -2.53. The number of hydrogen-bond acceptors (Lipinski definition) is 4. The molecule has 0 saturated heterocycles. The molecule has 0 aliphatic rings. The zero-order valence-corrected chi connectivity index (χ0v) is 26.2. The van der Waals surface area contributed by atoms with Gasteiger partial charge >= 0.3 is 0 Å². The molecule has 44 heavy (non-hydrogen) atoms. The van der Waals surface area contributed by atoms with Crippen LogP contribution in [0.1, 0.15) is 30.0 Å². The van der Waals surface area contributed by atoms with Gasteiger partial charge in [-0.05, 0) is 66.9 Å². The van der Waals surface area contributed by atoms with Gasteiger partial charge in [-0.25, -0.2) is 12.8 Å². The minimum atomic E-state index is -4.24. The van der Waals surface area contributed by atoms with Crippen molar-refractivity contribution in [2.24, 2.45) is 0 Å². The third-order valence-corrected chi connectivity index (χ3v) is 9.09. The summed E-state index contributed by atoms with van der Waals surface area (Å²) < 4.78 is 42.9. The fraction of sp³-hybridized carbons (Fsp3) is 0.235. The Bertz CT molecular complexity index is 1670. The molecule has 4 aromatic carbocycles. The van der Waals surface area contributed by atoms with Crippen LogP contribution in [0, 0.1) is 12.7 Å². The zero-order valence-electron chi connectivity index (χ0n) is 24.6. The van der Waals surface area contributed by atoms with Crippen LogP contribution in [0.3, 0.4) is 0 Å². The fourth-order valence-electron chi connectivity index (χ4n) is 4.70. The maximum Gasteiger partial charge on any atom is 0.264 e. The van der Waals surface area contributed by atoms with E-state index in [4.69, 9.17) is 11.6 Å². The van der Waals surface area contributed by atoms with Gasteiger partial charge in [-0.3, -0.25) is 13.9 Å². The number of carbonyl (C=O) groups excluding carboxylic acids is 2.